The molecular formula is C9H10F3N. The van der Waals surface area contributed by atoms with Gasteiger partial charge in [-0.15, -0.1) is 0 Å². The molecule has 0 saturated carbocycles. The van der Waals surface area contributed by atoms with Gasteiger partial charge in [-0.2, -0.15) is 0 Å². The maximum Gasteiger partial charge on any atom is 0.266 e. The van der Waals surface area contributed by atoms with E-state index in [0.717, 1.165) is 12.1 Å². The molecule has 0 unspecified atom stereocenters. The predicted molar refractivity (Wildman–Crippen MR) is 44.0 cm³/mol. The Morgan fingerprint density at radius 2 is 1.92 bits per heavy atom. The lowest BCUT2D eigenvalue weighted by Crippen LogP contribution is -2.06. The fourth-order valence-corrected chi connectivity index (χ4v) is 1.00. The summed E-state index contributed by atoms with van der Waals surface area (Å²) in [7, 11) is 0. The van der Waals surface area contributed by atoms with Crippen LogP contribution in [0.25, 0.3) is 0 Å². The number of halogens is 3. The normalized spacial score (nSPS) is 13.4. The first kappa shape index (κ1) is 10.1. The summed E-state index contributed by atoms with van der Waals surface area (Å²) >= 11 is 0. The van der Waals surface area contributed by atoms with Crippen LogP contribution < -0.4 is 5.73 Å². The van der Waals surface area contributed by atoms with Gasteiger partial charge in [-0.25, -0.2) is 13.2 Å². The van der Waals surface area contributed by atoms with Crippen molar-refractivity contribution in [1.29, 1.82) is 0 Å². The smallest absolute Gasteiger partial charge is 0.266 e. The molecule has 1 nitrogen and oxygen atoms in total. The largest absolute Gasteiger partial charge is 0.324 e. The summed E-state index contributed by atoms with van der Waals surface area (Å²) in [5.74, 6) is -0.898. The Morgan fingerprint density at radius 3 is 2.31 bits per heavy atom. The zero-order valence-electron chi connectivity index (χ0n) is 7.10. The minimum atomic E-state index is -2.78. The molecule has 0 aromatic heterocycles. The number of hydrogen-bond donors (Lipinski definition) is 1. The van der Waals surface area contributed by atoms with E-state index in [2.05, 4.69) is 0 Å². The summed E-state index contributed by atoms with van der Waals surface area (Å²) in [5.41, 5.74) is 5.39. The second kappa shape index (κ2) is 3.79. The van der Waals surface area contributed by atoms with Gasteiger partial charge in [-0.3, -0.25) is 0 Å². The first-order valence-corrected chi connectivity index (χ1v) is 3.85. The van der Waals surface area contributed by atoms with Crippen molar-refractivity contribution in [3.63, 3.8) is 0 Å². The lowest BCUT2D eigenvalue weighted by Gasteiger charge is -2.07. The summed E-state index contributed by atoms with van der Waals surface area (Å²) in [5, 5.41) is 0. The van der Waals surface area contributed by atoms with Crippen LogP contribution in [0.15, 0.2) is 18.2 Å². The molecule has 4 heteroatoms. The van der Waals surface area contributed by atoms with Crippen LogP contribution in [-0.2, 0) is 0 Å². The average Bonchev–Trinajstić information content (AvgIpc) is 2.03. The van der Waals surface area contributed by atoms with Gasteiger partial charge in [0, 0.05) is 6.04 Å². The number of alkyl halides is 2. The SMILES string of the molecule is C[C@@H](N)c1ccc(C(F)F)c(F)c1. The third-order valence-electron chi connectivity index (χ3n) is 1.79. The maximum absolute atomic E-state index is 12.9. The molecule has 0 radical (unpaired) electrons. The molecule has 2 N–H and O–H groups in total. The fraction of sp³-hybridized carbons (Fsp3) is 0.333. The highest BCUT2D eigenvalue weighted by Gasteiger charge is 2.13. The van der Waals surface area contributed by atoms with Gasteiger partial charge < -0.3 is 5.73 Å². The predicted octanol–water partition coefficient (Wildman–Crippen LogP) is 2.78. The van der Waals surface area contributed by atoms with Crippen molar-refractivity contribution in [2.24, 2.45) is 5.73 Å². The molecule has 0 saturated heterocycles. The van der Waals surface area contributed by atoms with Crippen molar-refractivity contribution in [1.82, 2.24) is 0 Å². The third-order valence-corrected chi connectivity index (χ3v) is 1.79. The highest BCUT2D eigenvalue weighted by Crippen LogP contribution is 2.23. The number of hydrogen-bond acceptors (Lipinski definition) is 1. The standard InChI is InChI=1S/C9H10F3N/c1-5(13)6-2-3-7(9(11)12)8(10)4-6/h2-5,9H,13H2,1H3/t5-/m1/s1. The molecule has 0 aliphatic rings. The highest BCUT2D eigenvalue weighted by molar-refractivity contribution is 5.26. The molecule has 0 amide bonds. The summed E-state index contributed by atoms with van der Waals surface area (Å²) in [6.07, 6.45) is -2.78. The Labute approximate surface area is 74.4 Å². The molecule has 0 fully saturated rings. The van der Waals surface area contributed by atoms with Gasteiger partial charge in [0.05, 0.1) is 5.56 Å². The van der Waals surface area contributed by atoms with E-state index >= 15 is 0 Å². The number of rotatable bonds is 2. The number of nitrogens with two attached hydrogens (primary N) is 1. The molecule has 1 aromatic carbocycles. The third kappa shape index (κ3) is 2.21. The van der Waals surface area contributed by atoms with Gasteiger partial charge in [0.1, 0.15) is 5.82 Å². The van der Waals surface area contributed by atoms with Crippen molar-refractivity contribution in [3.05, 3.63) is 35.1 Å². The minimum absolute atomic E-state index is 0.346. The molecular weight excluding hydrogens is 179 g/mol. The second-order valence-electron chi connectivity index (χ2n) is 2.87. The zero-order valence-corrected chi connectivity index (χ0v) is 7.10. The molecule has 0 spiro atoms. The molecule has 1 rings (SSSR count). The van der Waals surface area contributed by atoms with E-state index in [4.69, 9.17) is 5.73 Å². The Hall–Kier alpha value is -1.03. The molecule has 0 aliphatic heterocycles. The highest BCUT2D eigenvalue weighted by atomic mass is 19.3. The first-order chi connectivity index (χ1) is 6.02. The Balaban J connectivity index is 3.06. The van der Waals surface area contributed by atoms with Gasteiger partial charge in [-0.1, -0.05) is 12.1 Å². The van der Waals surface area contributed by atoms with Crippen LogP contribution in [0.1, 0.15) is 30.5 Å². The van der Waals surface area contributed by atoms with Crippen LogP contribution in [0, 0.1) is 5.82 Å². The van der Waals surface area contributed by atoms with Crippen LogP contribution in [0.3, 0.4) is 0 Å². The van der Waals surface area contributed by atoms with Gasteiger partial charge in [0.15, 0.2) is 0 Å². The van der Waals surface area contributed by atoms with E-state index in [1.165, 1.54) is 6.07 Å². The van der Waals surface area contributed by atoms with Crippen molar-refractivity contribution in [2.45, 2.75) is 19.4 Å². The van der Waals surface area contributed by atoms with E-state index in [9.17, 15) is 13.2 Å². The summed E-state index contributed by atoms with van der Waals surface area (Å²) in [4.78, 5) is 0. The summed E-state index contributed by atoms with van der Waals surface area (Å²) in [6.45, 7) is 1.66. The molecule has 13 heavy (non-hydrogen) atoms. The van der Waals surface area contributed by atoms with Crippen molar-refractivity contribution in [2.75, 3.05) is 0 Å². The quantitative estimate of drug-likeness (QED) is 0.760. The van der Waals surface area contributed by atoms with Crippen LogP contribution in [0.4, 0.5) is 13.2 Å². The Morgan fingerprint density at radius 1 is 1.31 bits per heavy atom. The minimum Gasteiger partial charge on any atom is -0.324 e. The maximum atomic E-state index is 12.9. The van der Waals surface area contributed by atoms with E-state index < -0.39 is 17.8 Å². The molecule has 0 heterocycles. The van der Waals surface area contributed by atoms with E-state index in [1.54, 1.807) is 6.92 Å². The van der Waals surface area contributed by atoms with Crippen molar-refractivity contribution >= 4 is 0 Å². The zero-order chi connectivity index (χ0) is 10.0. The topological polar surface area (TPSA) is 26.0 Å². The monoisotopic (exact) mass is 189 g/mol. The van der Waals surface area contributed by atoms with Gasteiger partial charge in [-0.05, 0) is 18.6 Å². The fourth-order valence-electron chi connectivity index (χ4n) is 1.00. The Bertz CT molecular complexity index is 297. The molecule has 0 aliphatic carbocycles. The lowest BCUT2D eigenvalue weighted by molar-refractivity contribution is 0.146. The van der Waals surface area contributed by atoms with Crippen LogP contribution in [-0.4, -0.2) is 0 Å². The lowest BCUT2D eigenvalue weighted by atomic mass is 10.1. The van der Waals surface area contributed by atoms with Gasteiger partial charge in [0.2, 0.25) is 0 Å². The average molecular weight is 189 g/mol. The van der Waals surface area contributed by atoms with Gasteiger partial charge in [0.25, 0.3) is 6.43 Å². The molecule has 1 atom stereocenters. The number of benzene rings is 1. The van der Waals surface area contributed by atoms with Crippen LogP contribution in [0.2, 0.25) is 0 Å². The summed E-state index contributed by atoms with van der Waals surface area (Å²) in [6, 6.07) is 3.18. The molecule has 72 valence electrons. The van der Waals surface area contributed by atoms with Crippen molar-refractivity contribution in [3.8, 4) is 0 Å². The van der Waals surface area contributed by atoms with E-state index in [1.807, 2.05) is 0 Å². The van der Waals surface area contributed by atoms with Gasteiger partial charge >= 0.3 is 0 Å². The second-order valence-corrected chi connectivity index (χ2v) is 2.87. The summed E-state index contributed by atoms with van der Waals surface area (Å²) < 4.78 is 37.1. The first-order valence-electron chi connectivity index (χ1n) is 3.85. The molecule has 1 aromatic rings. The van der Waals surface area contributed by atoms with Crippen LogP contribution >= 0.6 is 0 Å². The van der Waals surface area contributed by atoms with E-state index in [-0.39, 0.29) is 6.04 Å². The Kier molecular flexibility index (Phi) is 2.93. The van der Waals surface area contributed by atoms with E-state index in [0.29, 0.717) is 5.56 Å². The van der Waals surface area contributed by atoms with Crippen molar-refractivity contribution < 1.29 is 13.2 Å². The molecule has 0 bridgehead atoms. The van der Waals surface area contributed by atoms with Crippen LogP contribution in [0.5, 0.6) is 0 Å².